The van der Waals surface area contributed by atoms with E-state index in [1.165, 1.54) is 5.56 Å². The molecule has 6 heteroatoms. The van der Waals surface area contributed by atoms with Crippen LogP contribution in [0.15, 0.2) is 83.4 Å². The van der Waals surface area contributed by atoms with Crippen LogP contribution in [0.3, 0.4) is 0 Å². The Labute approximate surface area is 191 Å². The van der Waals surface area contributed by atoms with Crippen LogP contribution in [0.1, 0.15) is 21.7 Å². The monoisotopic (exact) mass is 436 g/mol. The third kappa shape index (κ3) is 4.15. The molecule has 2 aromatic heterocycles. The molecular formula is C27H24N4O2. The van der Waals surface area contributed by atoms with Gasteiger partial charge in [0.2, 0.25) is 5.89 Å². The minimum absolute atomic E-state index is 0.164. The van der Waals surface area contributed by atoms with Crippen LogP contribution >= 0.6 is 0 Å². The highest BCUT2D eigenvalue weighted by atomic mass is 16.4. The second-order valence-corrected chi connectivity index (χ2v) is 8.00. The normalized spacial score (nSPS) is 11.1. The Bertz CT molecular complexity index is 1430. The minimum atomic E-state index is -0.164. The zero-order valence-corrected chi connectivity index (χ0v) is 18.6. The lowest BCUT2D eigenvalue weighted by molar-refractivity contribution is 0.0952. The largest absolute Gasteiger partial charge is 0.436 e. The molecule has 0 aliphatic rings. The summed E-state index contributed by atoms with van der Waals surface area (Å²) in [7, 11) is 0. The van der Waals surface area contributed by atoms with Crippen molar-refractivity contribution in [2.24, 2.45) is 0 Å². The van der Waals surface area contributed by atoms with Crippen molar-refractivity contribution < 1.29 is 9.21 Å². The van der Waals surface area contributed by atoms with Gasteiger partial charge in [0.15, 0.2) is 5.76 Å². The first kappa shape index (κ1) is 20.7. The molecule has 1 N–H and O–H groups in total. The Morgan fingerprint density at radius 2 is 1.73 bits per heavy atom. The van der Waals surface area contributed by atoms with Gasteiger partial charge in [-0.25, -0.2) is 9.97 Å². The van der Waals surface area contributed by atoms with Crippen LogP contribution in [-0.2, 0) is 6.54 Å². The molecule has 0 aliphatic carbocycles. The van der Waals surface area contributed by atoms with Crippen molar-refractivity contribution in [3.63, 3.8) is 0 Å². The zero-order chi connectivity index (χ0) is 22.8. The summed E-state index contributed by atoms with van der Waals surface area (Å²) >= 11 is 0. The van der Waals surface area contributed by atoms with Crippen molar-refractivity contribution in [3.05, 3.63) is 95.9 Å². The van der Waals surface area contributed by atoms with Gasteiger partial charge >= 0.3 is 0 Å². The molecule has 5 aromatic rings. The highest BCUT2D eigenvalue weighted by molar-refractivity contribution is 6.00. The van der Waals surface area contributed by atoms with E-state index in [0.717, 1.165) is 22.4 Å². The van der Waals surface area contributed by atoms with Crippen LogP contribution in [-0.4, -0.2) is 27.0 Å². The molecule has 0 saturated heterocycles. The molecule has 1 amide bonds. The summed E-state index contributed by atoms with van der Waals surface area (Å²) in [5.74, 6) is 1.85. The maximum absolute atomic E-state index is 13.0. The predicted octanol–water partition coefficient (Wildman–Crippen LogP) is 5.41. The number of aryl methyl sites for hydroxylation is 2. The van der Waals surface area contributed by atoms with Gasteiger partial charge < -0.3 is 14.3 Å². The van der Waals surface area contributed by atoms with Crippen molar-refractivity contribution in [2.75, 3.05) is 6.54 Å². The van der Waals surface area contributed by atoms with Crippen molar-refractivity contribution in [1.29, 1.82) is 0 Å². The molecule has 33 heavy (non-hydrogen) atoms. The lowest BCUT2D eigenvalue weighted by Crippen LogP contribution is -2.28. The number of rotatable bonds is 6. The first-order valence-electron chi connectivity index (χ1n) is 10.9. The van der Waals surface area contributed by atoms with Gasteiger partial charge in [-0.3, -0.25) is 4.79 Å². The van der Waals surface area contributed by atoms with Crippen LogP contribution in [0.2, 0.25) is 0 Å². The summed E-state index contributed by atoms with van der Waals surface area (Å²) in [5.41, 5.74) is 5.34. The van der Waals surface area contributed by atoms with Crippen LogP contribution in [0.25, 0.3) is 33.8 Å². The van der Waals surface area contributed by atoms with Crippen molar-refractivity contribution in [1.82, 2.24) is 19.9 Å². The fraction of sp³-hybridized carbons (Fsp3) is 0.148. The minimum Gasteiger partial charge on any atom is -0.436 e. The van der Waals surface area contributed by atoms with Crippen molar-refractivity contribution >= 4 is 16.9 Å². The summed E-state index contributed by atoms with van der Waals surface area (Å²) in [6, 6.07) is 23.4. The Morgan fingerprint density at radius 1 is 0.970 bits per heavy atom. The number of benzene rings is 3. The summed E-state index contributed by atoms with van der Waals surface area (Å²) in [6.07, 6.45) is 1.70. The summed E-state index contributed by atoms with van der Waals surface area (Å²) in [4.78, 5) is 22.0. The fourth-order valence-corrected chi connectivity index (χ4v) is 3.97. The van der Waals surface area contributed by atoms with Gasteiger partial charge in [-0.2, -0.15) is 0 Å². The molecule has 0 spiro atoms. The van der Waals surface area contributed by atoms with E-state index in [-0.39, 0.29) is 5.91 Å². The standard InChI is InChI=1S/C27H24N4O2/c1-18-11-13-20(14-12-18)25-17-29-27(33-25)22-8-4-3-7-21(22)26(32)28-15-16-31-19(2)30-23-9-5-6-10-24(23)31/h3-14,17H,15-16H2,1-2H3,(H,28,32). The van der Waals surface area contributed by atoms with Crippen molar-refractivity contribution in [2.45, 2.75) is 20.4 Å². The smallest absolute Gasteiger partial charge is 0.252 e. The lowest BCUT2D eigenvalue weighted by Gasteiger charge is -2.10. The maximum Gasteiger partial charge on any atom is 0.252 e. The van der Waals surface area contributed by atoms with Crippen LogP contribution in [0.4, 0.5) is 0 Å². The molecule has 0 bridgehead atoms. The molecular weight excluding hydrogens is 412 g/mol. The van der Waals surface area contributed by atoms with E-state index in [2.05, 4.69) is 19.9 Å². The molecule has 164 valence electrons. The number of carbonyl (C=O) groups is 1. The fourth-order valence-electron chi connectivity index (χ4n) is 3.97. The number of nitrogens with one attached hydrogen (secondary N) is 1. The predicted molar refractivity (Wildman–Crippen MR) is 129 cm³/mol. The molecule has 0 fully saturated rings. The second kappa shape index (κ2) is 8.74. The van der Waals surface area contributed by atoms with Crippen LogP contribution in [0.5, 0.6) is 0 Å². The highest BCUT2D eigenvalue weighted by Crippen LogP contribution is 2.28. The molecule has 6 nitrogen and oxygen atoms in total. The molecule has 0 saturated carbocycles. The average Bonchev–Trinajstić information content (AvgIpc) is 3.44. The number of hydrogen-bond donors (Lipinski definition) is 1. The van der Waals surface area contributed by atoms with E-state index in [1.54, 1.807) is 12.3 Å². The van der Waals surface area contributed by atoms with E-state index in [0.29, 0.717) is 35.9 Å². The number of carbonyl (C=O) groups excluding carboxylic acids is 1. The van der Waals surface area contributed by atoms with E-state index >= 15 is 0 Å². The van der Waals surface area contributed by atoms with E-state index < -0.39 is 0 Å². The number of aromatic nitrogens is 3. The second-order valence-electron chi connectivity index (χ2n) is 8.00. The first-order chi connectivity index (χ1) is 16.1. The number of nitrogens with zero attached hydrogens (tertiary/aromatic N) is 3. The van der Waals surface area contributed by atoms with E-state index in [9.17, 15) is 4.79 Å². The van der Waals surface area contributed by atoms with Gasteiger partial charge in [0.1, 0.15) is 5.82 Å². The molecule has 0 atom stereocenters. The third-order valence-corrected chi connectivity index (χ3v) is 5.71. The van der Waals surface area contributed by atoms with Gasteiger partial charge in [-0.1, -0.05) is 54.1 Å². The van der Waals surface area contributed by atoms with Crippen LogP contribution in [0, 0.1) is 13.8 Å². The number of amides is 1. The zero-order valence-electron chi connectivity index (χ0n) is 18.6. The molecule has 3 aromatic carbocycles. The highest BCUT2D eigenvalue weighted by Gasteiger charge is 2.17. The number of para-hydroxylation sites is 2. The quantitative estimate of drug-likeness (QED) is 0.387. The molecule has 2 heterocycles. The molecule has 0 radical (unpaired) electrons. The number of hydrogen-bond acceptors (Lipinski definition) is 4. The first-order valence-corrected chi connectivity index (χ1v) is 10.9. The van der Waals surface area contributed by atoms with Gasteiger partial charge in [0, 0.05) is 24.2 Å². The topological polar surface area (TPSA) is 73.0 Å². The molecule has 5 rings (SSSR count). The molecule has 0 unspecified atom stereocenters. The summed E-state index contributed by atoms with van der Waals surface area (Å²) in [5, 5.41) is 3.03. The van der Waals surface area contributed by atoms with Gasteiger partial charge in [-0.05, 0) is 38.1 Å². The average molecular weight is 437 g/mol. The summed E-state index contributed by atoms with van der Waals surface area (Å²) < 4.78 is 8.12. The maximum atomic E-state index is 13.0. The van der Waals surface area contributed by atoms with Gasteiger partial charge in [0.05, 0.1) is 22.8 Å². The molecule has 0 aliphatic heterocycles. The Morgan fingerprint density at radius 3 is 2.58 bits per heavy atom. The van der Waals surface area contributed by atoms with Gasteiger partial charge in [0.25, 0.3) is 5.91 Å². The number of imidazole rings is 1. The summed E-state index contributed by atoms with van der Waals surface area (Å²) in [6.45, 7) is 5.14. The SMILES string of the molecule is Cc1ccc(-c2cnc(-c3ccccc3C(=O)NCCn3c(C)nc4ccccc43)o2)cc1. The van der Waals surface area contributed by atoms with Gasteiger partial charge in [-0.15, -0.1) is 0 Å². The number of fused-ring (bicyclic) bond motifs is 1. The van der Waals surface area contributed by atoms with E-state index in [4.69, 9.17) is 4.42 Å². The number of oxazole rings is 1. The lowest BCUT2D eigenvalue weighted by atomic mass is 10.1. The third-order valence-electron chi connectivity index (χ3n) is 5.71. The Hall–Kier alpha value is -4.19. The van der Waals surface area contributed by atoms with Crippen molar-refractivity contribution in [3.8, 4) is 22.8 Å². The van der Waals surface area contributed by atoms with E-state index in [1.807, 2.05) is 80.6 Å². The Kier molecular flexibility index (Phi) is 5.48. The van der Waals surface area contributed by atoms with Crippen LogP contribution < -0.4 is 5.32 Å². The Balaban J connectivity index is 1.33.